The van der Waals surface area contributed by atoms with Gasteiger partial charge in [-0.2, -0.15) is 0 Å². The summed E-state index contributed by atoms with van der Waals surface area (Å²) in [6.45, 7) is 2.24. The highest BCUT2D eigenvalue weighted by Gasteiger charge is 2.13. The van der Waals surface area contributed by atoms with Gasteiger partial charge in [-0.1, -0.05) is 37.4 Å². The highest BCUT2D eigenvalue weighted by Crippen LogP contribution is 2.30. The molecule has 0 aromatic carbocycles. The fourth-order valence-corrected chi connectivity index (χ4v) is 2.21. The van der Waals surface area contributed by atoms with Crippen LogP contribution in [0.5, 0.6) is 0 Å². The van der Waals surface area contributed by atoms with Crippen molar-refractivity contribution in [3.63, 3.8) is 0 Å². The third-order valence-corrected chi connectivity index (χ3v) is 2.81. The summed E-state index contributed by atoms with van der Waals surface area (Å²) in [5.41, 5.74) is 1.39. The van der Waals surface area contributed by atoms with Gasteiger partial charge in [0.2, 0.25) is 0 Å². The van der Waals surface area contributed by atoms with Gasteiger partial charge in [-0.3, -0.25) is 0 Å². The lowest BCUT2D eigenvalue weighted by Crippen LogP contribution is -1.89. The van der Waals surface area contributed by atoms with Crippen molar-refractivity contribution in [2.45, 2.75) is 39.0 Å². The summed E-state index contributed by atoms with van der Waals surface area (Å²) in [5.74, 6) is 0.801. The summed E-state index contributed by atoms with van der Waals surface area (Å²) in [6.07, 6.45) is 10.9. The van der Waals surface area contributed by atoms with Crippen LogP contribution < -0.4 is 0 Å². The van der Waals surface area contributed by atoms with E-state index in [1.54, 1.807) is 0 Å². The quantitative estimate of drug-likeness (QED) is 0.670. The Kier molecular flexibility index (Phi) is 5.12. The van der Waals surface area contributed by atoms with Crippen LogP contribution >= 0.6 is 27.5 Å². The van der Waals surface area contributed by atoms with Crippen molar-refractivity contribution in [3.8, 4) is 0 Å². The molecule has 0 fully saturated rings. The standard InChI is InChI=1S/C11H16BrCl/c1-2-3-4-9-5-6-10(7-9)8-11(12)13/h7-9H,2-6H2,1H3. The first-order chi connectivity index (χ1) is 6.22. The Morgan fingerprint density at radius 3 is 3.15 bits per heavy atom. The molecule has 2 heteroatoms. The Labute approximate surface area is 94.2 Å². The molecule has 0 saturated heterocycles. The second kappa shape index (κ2) is 5.87. The zero-order valence-corrected chi connectivity index (χ0v) is 10.4. The van der Waals surface area contributed by atoms with Crippen LogP contribution in [-0.2, 0) is 0 Å². The van der Waals surface area contributed by atoms with E-state index < -0.39 is 0 Å². The van der Waals surface area contributed by atoms with Gasteiger partial charge in [0.15, 0.2) is 0 Å². The molecule has 0 aromatic heterocycles. The first-order valence-corrected chi connectivity index (χ1v) is 6.13. The van der Waals surface area contributed by atoms with Gasteiger partial charge in [0.1, 0.15) is 0 Å². The minimum Gasteiger partial charge on any atom is -0.0781 e. The molecule has 1 aliphatic rings. The summed E-state index contributed by atoms with van der Waals surface area (Å²) in [7, 11) is 0. The number of rotatable bonds is 4. The zero-order valence-electron chi connectivity index (χ0n) is 8.02. The molecule has 0 nitrogen and oxygen atoms in total. The predicted molar refractivity (Wildman–Crippen MR) is 63.2 cm³/mol. The maximum Gasteiger partial charge on any atom is 0.0836 e. The molecule has 0 N–H and O–H groups in total. The molecule has 0 heterocycles. The Bertz CT molecular complexity index is 214. The van der Waals surface area contributed by atoms with Crippen molar-refractivity contribution in [1.29, 1.82) is 0 Å². The maximum absolute atomic E-state index is 5.75. The summed E-state index contributed by atoms with van der Waals surface area (Å²) in [6, 6.07) is 0. The second-order valence-corrected chi connectivity index (χ2v) is 5.33. The Balaban J connectivity index is 2.39. The van der Waals surface area contributed by atoms with Crippen LogP contribution in [0.15, 0.2) is 21.7 Å². The van der Waals surface area contributed by atoms with Crippen LogP contribution in [0.2, 0.25) is 0 Å². The van der Waals surface area contributed by atoms with Gasteiger partial charge < -0.3 is 0 Å². The highest BCUT2D eigenvalue weighted by molar-refractivity contribution is 9.12. The lowest BCUT2D eigenvalue weighted by atomic mass is 10.0. The fraction of sp³-hybridized carbons (Fsp3) is 0.636. The average molecular weight is 264 g/mol. The molecule has 1 aliphatic carbocycles. The van der Waals surface area contributed by atoms with Crippen LogP contribution in [0.4, 0.5) is 0 Å². The molecule has 0 aromatic rings. The lowest BCUT2D eigenvalue weighted by molar-refractivity contribution is 0.545. The molecular weight excluding hydrogens is 247 g/mol. The van der Waals surface area contributed by atoms with Crippen molar-refractivity contribution in [1.82, 2.24) is 0 Å². The van der Waals surface area contributed by atoms with E-state index in [9.17, 15) is 0 Å². The third-order valence-electron chi connectivity index (χ3n) is 2.48. The van der Waals surface area contributed by atoms with Gasteiger partial charge >= 0.3 is 0 Å². The molecular formula is C11H16BrCl. The first kappa shape index (κ1) is 11.3. The molecule has 13 heavy (non-hydrogen) atoms. The largest absolute Gasteiger partial charge is 0.0836 e. The van der Waals surface area contributed by atoms with Crippen molar-refractivity contribution in [2.24, 2.45) is 5.92 Å². The van der Waals surface area contributed by atoms with Crippen LogP contribution in [0.3, 0.4) is 0 Å². The number of unbranched alkanes of at least 4 members (excludes halogenated alkanes) is 1. The van der Waals surface area contributed by atoms with E-state index in [2.05, 4.69) is 28.9 Å². The van der Waals surface area contributed by atoms with Gasteiger partial charge in [0.25, 0.3) is 0 Å². The van der Waals surface area contributed by atoms with Gasteiger partial charge in [-0.25, -0.2) is 0 Å². The molecule has 74 valence electrons. The van der Waals surface area contributed by atoms with E-state index in [0.29, 0.717) is 0 Å². The number of hydrogen-bond donors (Lipinski definition) is 0. The second-order valence-electron chi connectivity index (χ2n) is 3.62. The molecule has 0 amide bonds. The average Bonchev–Trinajstić information content (AvgIpc) is 2.48. The van der Waals surface area contributed by atoms with Gasteiger partial charge in [0, 0.05) is 0 Å². The summed E-state index contributed by atoms with van der Waals surface area (Å²) in [4.78, 5) is 0. The van der Waals surface area contributed by atoms with E-state index in [-0.39, 0.29) is 0 Å². The van der Waals surface area contributed by atoms with E-state index in [1.165, 1.54) is 37.7 Å². The Morgan fingerprint density at radius 2 is 2.54 bits per heavy atom. The Hall–Kier alpha value is 0.250. The Morgan fingerprint density at radius 1 is 1.77 bits per heavy atom. The summed E-state index contributed by atoms with van der Waals surface area (Å²) >= 11 is 8.99. The summed E-state index contributed by atoms with van der Waals surface area (Å²) < 4.78 is 0.717. The zero-order chi connectivity index (χ0) is 9.68. The predicted octanol–water partition coefficient (Wildman–Crippen LogP) is 4.99. The number of allylic oxidation sites excluding steroid dienone is 3. The highest BCUT2D eigenvalue weighted by atomic mass is 79.9. The topological polar surface area (TPSA) is 0 Å². The maximum atomic E-state index is 5.75. The third kappa shape index (κ3) is 4.33. The first-order valence-electron chi connectivity index (χ1n) is 4.95. The van der Waals surface area contributed by atoms with E-state index in [0.717, 1.165) is 9.86 Å². The normalized spacial score (nSPS) is 23.5. The summed E-state index contributed by atoms with van der Waals surface area (Å²) in [5, 5.41) is 0. The van der Waals surface area contributed by atoms with Crippen LogP contribution in [0.25, 0.3) is 0 Å². The van der Waals surface area contributed by atoms with Gasteiger partial charge in [-0.05, 0) is 52.8 Å². The van der Waals surface area contributed by atoms with Crippen LogP contribution in [-0.4, -0.2) is 0 Å². The smallest absolute Gasteiger partial charge is 0.0781 e. The monoisotopic (exact) mass is 262 g/mol. The van der Waals surface area contributed by atoms with E-state index in [4.69, 9.17) is 11.6 Å². The van der Waals surface area contributed by atoms with Crippen molar-refractivity contribution in [3.05, 3.63) is 21.7 Å². The van der Waals surface area contributed by atoms with E-state index >= 15 is 0 Å². The molecule has 1 unspecified atom stereocenters. The van der Waals surface area contributed by atoms with Gasteiger partial charge in [-0.15, -0.1) is 0 Å². The number of halogens is 2. The van der Waals surface area contributed by atoms with E-state index in [1.807, 2.05) is 6.08 Å². The minimum absolute atomic E-state index is 0.717. The van der Waals surface area contributed by atoms with Crippen LogP contribution in [0.1, 0.15) is 39.0 Å². The molecule has 0 radical (unpaired) electrons. The SMILES string of the molecule is CCCCC1C=C(C=C(Cl)Br)CC1. The lowest BCUT2D eigenvalue weighted by Gasteiger charge is -2.03. The van der Waals surface area contributed by atoms with Crippen LogP contribution in [0, 0.1) is 5.92 Å². The molecule has 0 bridgehead atoms. The van der Waals surface area contributed by atoms with Crippen molar-refractivity contribution < 1.29 is 0 Å². The van der Waals surface area contributed by atoms with Crippen molar-refractivity contribution in [2.75, 3.05) is 0 Å². The minimum atomic E-state index is 0.717. The molecule has 0 saturated carbocycles. The van der Waals surface area contributed by atoms with Crippen molar-refractivity contribution >= 4 is 27.5 Å². The molecule has 1 rings (SSSR count). The fourth-order valence-electron chi connectivity index (χ4n) is 1.78. The molecule has 0 aliphatic heterocycles. The van der Waals surface area contributed by atoms with Gasteiger partial charge in [0.05, 0.1) is 3.94 Å². The number of hydrogen-bond acceptors (Lipinski definition) is 0. The molecule has 0 spiro atoms. The molecule has 1 atom stereocenters.